The lowest BCUT2D eigenvalue weighted by Crippen LogP contribution is -2.06. The summed E-state index contributed by atoms with van der Waals surface area (Å²) >= 11 is 14.9. The summed E-state index contributed by atoms with van der Waals surface area (Å²) in [6.07, 6.45) is -4.58. The van der Waals surface area contributed by atoms with Crippen LogP contribution in [0.5, 0.6) is 0 Å². The molecule has 1 aromatic carbocycles. The van der Waals surface area contributed by atoms with Gasteiger partial charge in [0.2, 0.25) is 0 Å². The van der Waals surface area contributed by atoms with Crippen LogP contribution in [0.3, 0.4) is 0 Å². The lowest BCUT2D eigenvalue weighted by molar-refractivity contribution is -0.137. The Bertz CT molecular complexity index is 739. The smallest absolute Gasteiger partial charge is 0.416 e. The van der Waals surface area contributed by atoms with Gasteiger partial charge in [0, 0.05) is 0 Å². The van der Waals surface area contributed by atoms with Gasteiger partial charge in [-0.3, -0.25) is 0 Å². The molecule has 0 unspecified atom stereocenters. The fourth-order valence-electron chi connectivity index (χ4n) is 1.77. The molecule has 0 aliphatic heterocycles. The zero-order valence-electron chi connectivity index (χ0n) is 11.4. The minimum Gasteiger partial charge on any atom is -0.461 e. The third kappa shape index (κ3) is 3.81. The molecule has 23 heavy (non-hydrogen) atoms. The third-order valence-electron chi connectivity index (χ3n) is 2.73. The first-order valence-electron chi connectivity index (χ1n) is 6.14. The van der Waals surface area contributed by atoms with E-state index >= 15 is 0 Å². The van der Waals surface area contributed by atoms with E-state index in [0.29, 0.717) is 0 Å². The van der Waals surface area contributed by atoms with Gasteiger partial charge in [-0.05, 0) is 35.0 Å². The molecule has 0 radical (unpaired) electrons. The molecule has 0 amide bonds. The molecule has 1 heterocycles. The first kappa shape index (κ1) is 18.1. The Labute approximate surface area is 147 Å². The number of alkyl halides is 3. The van der Waals surface area contributed by atoms with Gasteiger partial charge in [-0.25, -0.2) is 9.78 Å². The highest BCUT2D eigenvalue weighted by Crippen LogP contribution is 2.40. The molecule has 0 bridgehead atoms. The number of aromatic amines is 1. The fourth-order valence-corrected chi connectivity index (χ4v) is 2.87. The van der Waals surface area contributed by atoms with E-state index in [1.165, 1.54) is 0 Å². The van der Waals surface area contributed by atoms with Crippen molar-refractivity contribution in [1.82, 2.24) is 9.97 Å². The van der Waals surface area contributed by atoms with E-state index in [0.717, 1.165) is 12.1 Å². The molecule has 4 nitrogen and oxygen atoms in total. The molecular weight excluding hydrogens is 424 g/mol. The highest BCUT2D eigenvalue weighted by atomic mass is 79.9. The first-order valence-corrected chi connectivity index (χ1v) is 7.69. The van der Waals surface area contributed by atoms with Crippen LogP contribution < -0.4 is 0 Å². The summed E-state index contributed by atoms with van der Waals surface area (Å²) in [7, 11) is 0. The van der Waals surface area contributed by atoms with Crippen molar-refractivity contribution in [3.05, 3.63) is 38.0 Å². The molecule has 0 saturated heterocycles. The maximum absolute atomic E-state index is 12.7. The summed E-state index contributed by atoms with van der Waals surface area (Å²) in [5, 5.41) is -0.497. The van der Waals surface area contributed by atoms with Gasteiger partial charge in [-0.15, -0.1) is 0 Å². The number of H-pyrrole nitrogens is 1. The molecular formula is C13H8BrCl2F3N2O2. The molecule has 0 saturated carbocycles. The van der Waals surface area contributed by atoms with Crippen LogP contribution in [0.15, 0.2) is 16.7 Å². The average Bonchev–Trinajstić information content (AvgIpc) is 2.79. The second kappa shape index (κ2) is 6.70. The number of imidazole rings is 1. The van der Waals surface area contributed by atoms with Gasteiger partial charge in [0.25, 0.3) is 0 Å². The highest BCUT2D eigenvalue weighted by Gasteiger charge is 2.32. The second-order valence-electron chi connectivity index (χ2n) is 4.28. The maximum Gasteiger partial charge on any atom is 0.416 e. The van der Waals surface area contributed by atoms with Crippen LogP contribution in [0, 0.1) is 0 Å². The lowest BCUT2D eigenvalue weighted by atomic mass is 10.1. The Kier molecular flexibility index (Phi) is 5.27. The van der Waals surface area contributed by atoms with Crippen molar-refractivity contribution in [2.75, 3.05) is 6.61 Å². The van der Waals surface area contributed by atoms with Crippen LogP contribution in [0.1, 0.15) is 23.0 Å². The summed E-state index contributed by atoms with van der Waals surface area (Å²) < 4.78 is 43.2. The van der Waals surface area contributed by atoms with Crippen LogP contribution in [0.2, 0.25) is 10.0 Å². The maximum atomic E-state index is 12.7. The predicted octanol–water partition coefficient (Wildman–Crippen LogP) is 5.34. The molecule has 0 atom stereocenters. The lowest BCUT2D eigenvalue weighted by Gasteiger charge is -2.10. The quantitative estimate of drug-likeness (QED) is 0.667. The summed E-state index contributed by atoms with van der Waals surface area (Å²) in [6.45, 7) is 1.78. The predicted molar refractivity (Wildman–Crippen MR) is 82.7 cm³/mol. The Morgan fingerprint density at radius 1 is 1.35 bits per heavy atom. The van der Waals surface area contributed by atoms with Crippen molar-refractivity contribution < 1.29 is 22.7 Å². The van der Waals surface area contributed by atoms with Gasteiger partial charge < -0.3 is 9.72 Å². The molecule has 0 aliphatic carbocycles. The Balaban J connectivity index is 2.51. The molecule has 1 N–H and O–H groups in total. The summed E-state index contributed by atoms with van der Waals surface area (Å²) in [4.78, 5) is 18.4. The van der Waals surface area contributed by atoms with Crippen molar-refractivity contribution in [2.24, 2.45) is 0 Å². The van der Waals surface area contributed by atoms with E-state index in [9.17, 15) is 18.0 Å². The topological polar surface area (TPSA) is 55.0 Å². The molecule has 2 rings (SSSR count). The van der Waals surface area contributed by atoms with Crippen LogP contribution in [0.4, 0.5) is 13.2 Å². The number of halogens is 6. The van der Waals surface area contributed by atoms with E-state index in [4.69, 9.17) is 27.9 Å². The Hall–Kier alpha value is -1.25. The van der Waals surface area contributed by atoms with Crippen molar-refractivity contribution in [1.29, 1.82) is 0 Å². The van der Waals surface area contributed by atoms with Crippen molar-refractivity contribution in [2.45, 2.75) is 13.1 Å². The standard InChI is InChI=1S/C13H8BrCl2F3N2O2/c1-2-23-12(22)9-10(14)21-11(20-9)8-6(15)3-5(4-7(8)16)13(17,18)19/h3-4H,2H2,1H3,(H,20,21). The number of hydrogen-bond donors (Lipinski definition) is 1. The zero-order chi connectivity index (χ0) is 17.4. The number of hydrogen-bond acceptors (Lipinski definition) is 3. The number of nitrogens with zero attached hydrogens (tertiary/aromatic N) is 1. The normalized spacial score (nSPS) is 11.6. The van der Waals surface area contributed by atoms with Crippen molar-refractivity contribution in [3.8, 4) is 11.4 Å². The van der Waals surface area contributed by atoms with Crippen molar-refractivity contribution in [3.63, 3.8) is 0 Å². The molecule has 124 valence electrons. The summed E-state index contributed by atoms with van der Waals surface area (Å²) in [5.74, 6) is -0.648. The summed E-state index contributed by atoms with van der Waals surface area (Å²) in [5.41, 5.74) is -0.987. The van der Waals surface area contributed by atoms with E-state index in [-0.39, 0.29) is 38.3 Å². The number of ether oxygens (including phenoxy) is 1. The number of carbonyl (C=O) groups is 1. The van der Waals surface area contributed by atoms with E-state index in [2.05, 4.69) is 25.9 Å². The molecule has 2 aromatic rings. The molecule has 0 fully saturated rings. The van der Waals surface area contributed by atoms with Gasteiger partial charge in [-0.2, -0.15) is 13.2 Å². The average molecular weight is 432 g/mol. The van der Waals surface area contributed by atoms with Crippen LogP contribution in [-0.4, -0.2) is 22.5 Å². The second-order valence-corrected chi connectivity index (χ2v) is 5.89. The zero-order valence-corrected chi connectivity index (χ0v) is 14.5. The fraction of sp³-hybridized carbons (Fsp3) is 0.231. The number of nitrogens with one attached hydrogen (secondary N) is 1. The Morgan fingerprint density at radius 3 is 2.39 bits per heavy atom. The van der Waals surface area contributed by atoms with E-state index in [1.807, 2.05) is 0 Å². The van der Waals surface area contributed by atoms with E-state index in [1.54, 1.807) is 6.92 Å². The SMILES string of the molecule is CCOC(=O)c1nc(-c2c(Cl)cc(C(F)(F)F)cc2Cl)[nH]c1Br. The monoisotopic (exact) mass is 430 g/mol. The minimum absolute atomic E-state index is 0.0450. The van der Waals surface area contributed by atoms with E-state index < -0.39 is 17.7 Å². The molecule has 10 heteroatoms. The van der Waals surface area contributed by atoms with Gasteiger partial charge >= 0.3 is 12.1 Å². The van der Waals surface area contributed by atoms with Gasteiger partial charge in [-0.1, -0.05) is 23.2 Å². The van der Waals surface area contributed by atoms with Crippen molar-refractivity contribution >= 4 is 45.1 Å². The first-order chi connectivity index (χ1) is 10.6. The van der Waals surface area contributed by atoms with Gasteiger partial charge in [0.1, 0.15) is 10.4 Å². The van der Waals surface area contributed by atoms with Crippen LogP contribution in [-0.2, 0) is 10.9 Å². The van der Waals surface area contributed by atoms with Crippen LogP contribution >= 0.6 is 39.1 Å². The molecule has 1 aromatic heterocycles. The summed E-state index contributed by atoms with van der Waals surface area (Å²) in [6, 6.07) is 1.48. The number of benzene rings is 1. The van der Waals surface area contributed by atoms with Crippen LogP contribution in [0.25, 0.3) is 11.4 Å². The molecule has 0 aliphatic rings. The Morgan fingerprint density at radius 2 is 1.91 bits per heavy atom. The molecule has 0 spiro atoms. The van der Waals surface area contributed by atoms with Gasteiger partial charge in [0.15, 0.2) is 5.69 Å². The van der Waals surface area contributed by atoms with Gasteiger partial charge in [0.05, 0.1) is 27.8 Å². The number of carbonyl (C=O) groups excluding carboxylic acids is 1. The number of rotatable bonds is 3. The largest absolute Gasteiger partial charge is 0.461 e. The minimum atomic E-state index is -4.58. The number of aromatic nitrogens is 2. The third-order valence-corrected chi connectivity index (χ3v) is 3.90. The highest BCUT2D eigenvalue weighted by molar-refractivity contribution is 9.10. The number of esters is 1.